The number of aromatic amines is 2. The average Bonchev–Trinajstić information content (AvgIpc) is 2.91. The van der Waals surface area contributed by atoms with Crippen LogP contribution < -0.4 is 11.1 Å². The number of nitrogens with one attached hydrogen (secondary N) is 3. The Balaban J connectivity index is 1.87. The van der Waals surface area contributed by atoms with E-state index in [0.717, 1.165) is 5.82 Å². The zero-order valence-corrected chi connectivity index (χ0v) is 9.45. The number of H-pyrrole nitrogens is 2. The van der Waals surface area contributed by atoms with Crippen molar-refractivity contribution in [2.24, 2.45) is 0 Å². The van der Waals surface area contributed by atoms with Crippen LogP contribution in [0.4, 0.5) is 5.69 Å². The predicted octanol–water partition coefficient (Wildman–Crippen LogP) is -0.00408. The minimum atomic E-state index is -0.279. The number of nitrogens with zero attached hydrogens (tertiary/aromatic N) is 2. The molecule has 0 spiro atoms. The minimum absolute atomic E-state index is 0.238. The molecule has 5 N–H and O–H groups in total. The van der Waals surface area contributed by atoms with E-state index < -0.39 is 0 Å². The van der Waals surface area contributed by atoms with E-state index in [1.807, 2.05) is 0 Å². The van der Waals surface area contributed by atoms with Crippen LogP contribution in [0.25, 0.3) is 0 Å². The number of hydrogen-bond acceptors (Lipinski definition) is 4. The van der Waals surface area contributed by atoms with Crippen molar-refractivity contribution >= 4 is 11.6 Å². The van der Waals surface area contributed by atoms with E-state index in [0.29, 0.717) is 24.3 Å². The Morgan fingerprint density at radius 2 is 2.41 bits per heavy atom. The Labute approximate surface area is 97.8 Å². The molecule has 17 heavy (non-hydrogen) atoms. The molecule has 0 radical (unpaired) electrons. The summed E-state index contributed by atoms with van der Waals surface area (Å²) in [5.41, 5.74) is 7.02. The van der Waals surface area contributed by atoms with E-state index in [1.54, 1.807) is 19.3 Å². The molecule has 0 unspecified atom stereocenters. The topological polar surface area (TPSA) is 112 Å². The SMILES string of the molecule is Cc1[nH]nc(C(=O)NCCc2ncc[nH]2)c1N. The van der Waals surface area contributed by atoms with Gasteiger partial charge >= 0.3 is 0 Å². The van der Waals surface area contributed by atoms with Gasteiger partial charge in [-0.1, -0.05) is 0 Å². The standard InChI is InChI=1S/C10H14N6O/c1-6-8(11)9(16-15-6)10(17)14-3-2-7-12-4-5-13-7/h4-5H,2-3,11H2,1H3,(H,12,13)(H,14,17)(H,15,16). The van der Waals surface area contributed by atoms with Crippen molar-refractivity contribution in [1.82, 2.24) is 25.5 Å². The molecule has 7 nitrogen and oxygen atoms in total. The Kier molecular flexibility index (Phi) is 3.08. The zero-order chi connectivity index (χ0) is 12.3. The Bertz CT molecular complexity index is 501. The van der Waals surface area contributed by atoms with Crippen LogP contribution in [0.5, 0.6) is 0 Å². The molecular weight excluding hydrogens is 220 g/mol. The van der Waals surface area contributed by atoms with Crippen LogP contribution in [0.2, 0.25) is 0 Å². The maximum absolute atomic E-state index is 11.7. The van der Waals surface area contributed by atoms with Gasteiger partial charge in [-0.05, 0) is 6.92 Å². The van der Waals surface area contributed by atoms with Gasteiger partial charge in [0.05, 0.1) is 11.4 Å². The summed E-state index contributed by atoms with van der Waals surface area (Å²) < 4.78 is 0. The molecule has 2 aromatic rings. The monoisotopic (exact) mass is 234 g/mol. The average molecular weight is 234 g/mol. The lowest BCUT2D eigenvalue weighted by atomic mass is 10.3. The predicted molar refractivity (Wildman–Crippen MR) is 62.4 cm³/mol. The third kappa shape index (κ3) is 2.44. The maximum Gasteiger partial charge on any atom is 0.273 e. The van der Waals surface area contributed by atoms with E-state index in [4.69, 9.17) is 5.73 Å². The highest BCUT2D eigenvalue weighted by Gasteiger charge is 2.14. The lowest BCUT2D eigenvalue weighted by Gasteiger charge is -2.02. The lowest BCUT2D eigenvalue weighted by molar-refractivity contribution is 0.0950. The highest BCUT2D eigenvalue weighted by Crippen LogP contribution is 2.11. The largest absolute Gasteiger partial charge is 0.395 e. The molecule has 7 heteroatoms. The number of imidazole rings is 1. The number of rotatable bonds is 4. The molecule has 1 amide bonds. The van der Waals surface area contributed by atoms with Gasteiger partial charge < -0.3 is 16.0 Å². The smallest absolute Gasteiger partial charge is 0.273 e. The van der Waals surface area contributed by atoms with Crippen molar-refractivity contribution in [2.75, 3.05) is 12.3 Å². The minimum Gasteiger partial charge on any atom is -0.395 e. The van der Waals surface area contributed by atoms with Gasteiger partial charge in [-0.2, -0.15) is 5.10 Å². The van der Waals surface area contributed by atoms with Crippen molar-refractivity contribution < 1.29 is 4.79 Å². The van der Waals surface area contributed by atoms with Crippen LogP contribution in [-0.2, 0) is 6.42 Å². The number of amides is 1. The number of anilines is 1. The van der Waals surface area contributed by atoms with Gasteiger partial charge in [0.15, 0.2) is 5.69 Å². The highest BCUT2D eigenvalue weighted by atomic mass is 16.1. The van der Waals surface area contributed by atoms with Gasteiger partial charge in [0, 0.05) is 25.4 Å². The first-order valence-corrected chi connectivity index (χ1v) is 5.25. The highest BCUT2D eigenvalue weighted by molar-refractivity contribution is 5.97. The first kappa shape index (κ1) is 11.2. The van der Waals surface area contributed by atoms with Crippen molar-refractivity contribution in [3.05, 3.63) is 29.6 Å². The number of carbonyl (C=O) groups excluding carboxylic acids is 1. The molecule has 2 aromatic heterocycles. The molecule has 0 aliphatic carbocycles. The van der Waals surface area contributed by atoms with E-state index in [1.165, 1.54) is 0 Å². The number of carbonyl (C=O) groups is 1. The maximum atomic E-state index is 11.7. The second kappa shape index (κ2) is 4.69. The summed E-state index contributed by atoms with van der Waals surface area (Å²) in [7, 11) is 0. The van der Waals surface area contributed by atoms with Crippen molar-refractivity contribution in [1.29, 1.82) is 0 Å². The second-order valence-electron chi connectivity index (χ2n) is 3.65. The van der Waals surface area contributed by atoms with Gasteiger partial charge in [0.25, 0.3) is 5.91 Å². The Morgan fingerprint density at radius 3 is 3.00 bits per heavy atom. The fourth-order valence-corrected chi connectivity index (χ4v) is 1.42. The number of nitrogen functional groups attached to an aromatic ring is 1. The van der Waals surface area contributed by atoms with E-state index in [2.05, 4.69) is 25.5 Å². The molecule has 0 fully saturated rings. The van der Waals surface area contributed by atoms with Crippen LogP contribution >= 0.6 is 0 Å². The molecule has 0 aliphatic heterocycles. The molecule has 0 aliphatic rings. The molecule has 0 bridgehead atoms. The summed E-state index contributed by atoms with van der Waals surface area (Å²) in [6.45, 7) is 2.25. The molecule has 0 saturated carbocycles. The summed E-state index contributed by atoms with van der Waals surface area (Å²) in [5, 5.41) is 9.24. The fourth-order valence-electron chi connectivity index (χ4n) is 1.42. The van der Waals surface area contributed by atoms with Crippen molar-refractivity contribution in [2.45, 2.75) is 13.3 Å². The summed E-state index contributed by atoms with van der Waals surface area (Å²) in [4.78, 5) is 18.7. The van der Waals surface area contributed by atoms with Gasteiger partial charge in [-0.25, -0.2) is 4.98 Å². The van der Waals surface area contributed by atoms with Crippen LogP contribution in [0.3, 0.4) is 0 Å². The summed E-state index contributed by atoms with van der Waals surface area (Å²) in [6.07, 6.45) is 4.06. The number of hydrogen-bond donors (Lipinski definition) is 4. The summed E-state index contributed by atoms with van der Waals surface area (Å²) >= 11 is 0. The molecule has 90 valence electrons. The lowest BCUT2D eigenvalue weighted by Crippen LogP contribution is -2.27. The molecule has 0 aromatic carbocycles. The van der Waals surface area contributed by atoms with Crippen LogP contribution in [0.15, 0.2) is 12.4 Å². The van der Waals surface area contributed by atoms with E-state index >= 15 is 0 Å². The van der Waals surface area contributed by atoms with E-state index in [-0.39, 0.29) is 11.6 Å². The molecule has 0 saturated heterocycles. The molecule has 2 rings (SSSR count). The van der Waals surface area contributed by atoms with Gasteiger partial charge in [-0.15, -0.1) is 0 Å². The number of aromatic nitrogens is 4. The number of nitrogens with two attached hydrogens (primary N) is 1. The molecular formula is C10H14N6O. The van der Waals surface area contributed by atoms with Gasteiger partial charge in [0.2, 0.25) is 0 Å². The second-order valence-corrected chi connectivity index (χ2v) is 3.65. The van der Waals surface area contributed by atoms with Crippen LogP contribution in [0, 0.1) is 6.92 Å². The summed E-state index contributed by atoms with van der Waals surface area (Å²) in [5.74, 6) is 0.551. The zero-order valence-electron chi connectivity index (χ0n) is 9.45. The van der Waals surface area contributed by atoms with Crippen LogP contribution in [0.1, 0.15) is 22.0 Å². The Hall–Kier alpha value is -2.31. The third-order valence-electron chi connectivity index (χ3n) is 2.41. The number of aryl methyl sites for hydroxylation is 1. The molecule has 0 atom stereocenters. The first-order chi connectivity index (χ1) is 8.18. The third-order valence-corrected chi connectivity index (χ3v) is 2.41. The van der Waals surface area contributed by atoms with Crippen LogP contribution in [-0.4, -0.2) is 32.6 Å². The fraction of sp³-hybridized carbons (Fsp3) is 0.300. The van der Waals surface area contributed by atoms with Gasteiger partial charge in [-0.3, -0.25) is 9.89 Å². The quantitative estimate of drug-likeness (QED) is 0.596. The van der Waals surface area contributed by atoms with Gasteiger partial charge in [0.1, 0.15) is 5.82 Å². The first-order valence-electron chi connectivity index (χ1n) is 5.25. The normalized spacial score (nSPS) is 10.4. The molecule has 2 heterocycles. The summed E-state index contributed by atoms with van der Waals surface area (Å²) in [6, 6.07) is 0. The Morgan fingerprint density at radius 1 is 1.59 bits per heavy atom. The van der Waals surface area contributed by atoms with Crippen molar-refractivity contribution in [3.63, 3.8) is 0 Å². The van der Waals surface area contributed by atoms with Crippen molar-refractivity contribution in [3.8, 4) is 0 Å². The van der Waals surface area contributed by atoms with E-state index in [9.17, 15) is 4.79 Å².